The van der Waals surface area contributed by atoms with E-state index in [0.29, 0.717) is 29.8 Å². The van der Waals surface area contributed by atoms with Gasteiger partial charge in [-0.2, -0.15) is 9.94 Å². The Balaban J connectivity index is 1.81. The van der Waals surface area contributed by atoms with Crippen molar-refractivity contribution >= 4 is 11.6 Å². The van der Waals surface area contributed by atoms with Crippen molar-refractivity contribution in [3.63, 3.8) is 0 Å². The highest BCUT2D eigenvalue weighted by Gasteiger charge is 2.28. The Morgan fingerprint density at radius 3 is 2.57 bits per heavy atom. The first kappa shape index (κ1) is 19.6. The third kappa shape index (κ3) is 3.19. The summed E-state index contributed by atoms with van der Waals surface area (Å²) in [4.78, 5) is 37.8. The summed E-state index contributed by atoms with van der Waals surface area (Å²) in [7, 11) is 0. The molecule has 4 rings (SSSR count). The Kier molecular flexibility index (Phi) is 4.75. The summed E-state index contributed by atoms with van der Waals surface area (Å²) in [6.07, 6.45) is 1.27. The second-order valence-corrected chi connectivity index (χ2v) is 7.45. The minimum atomic E-state index is -0.853. The minimum Gasteiger partial charge on any atom is -0.436 e. The molecule has 0 spiro atoms. The number of nitriles is 1. The van der Waals surface area contributed by atoms with Crippen LogP contribution in [0.5, 0.6) is 11.6 Å². The highest BCUT2D eigenvalue weighted by Crippen LogP contribution is 2.43. The number of hydrogen-bond acceptors (Lipinski definition) is 7. The van der Waals surface area contributed by atoms with Crippen LogP contribution in [0.2, 0.25) is 5.02 Å². The minimum absolute atomic E-state index is 0.0209. The standard InChI is InChI=1S/C19H15ClN6O4/c1-8(2)11-5-15(23-24-17(11)27)30-16-10-4-3-9(10)14(6-12(16)20)26-19(29)22-18(28)13(7-21)25-26/h5-6,8H,3-4H2,1-2H3,(H,24,27)(H,22,28,29). The lowest BCUT2D eigenvalue weighted by molar-refractivity contribution is 0.441. The van der Waals surface area contributed by atoms with Crippen LogP contribution in [-0.4, -0.2) is 25.0 Å². The molecule has 0 fully saturated rings. The molecule has 0 amide bonds. The normalized spacial score (nSPS) is 12.2. The van der Waals surface area contributed by atoms with Gasteiger partial charge >= 0.3 is 5.69 Å². The molecule has 0 bridgehead atoms. The van der Waals surface area contributed by atoms with Gasteiger partial charge in [0.05, 0.1) is 10.7 Å². The molecule has 1 aliphatic rings. The number of hydrogen-bond donors (Lipinski definition) is 2. The fraction of sp³-hybridized carbons (Fsp3) is 0.263. The van der Waals surface area contributed by atoms with E-state index in [9.17, 15) is 14.4 Å². The Hall–Kier alpha value is -3.71. The SMILES string of the molecule is CC(C)c1cc(Oc2c(Cl)cc(-n3nc(C#N)c(=O)[nH]c3=O)c3c2CC3)n[nH]c1=O. The number of halogens is 1. The predicted octanol–water partition coefficient (Wildman–Crippen LogP) is 1.54. The number of fused-ring (bicyclic) bond motifs is 1. The topological polar surface area (TPSA) is 147 Å². The summed E-state index contributed by atoms with van der Waals surface area (Å²) >= 11 is 6.43. The number of rotatable bonds is 4. The van der Waals surface area contributed by atoms with Crippen molar-refractivity contribution in [1.82, 2.24) is 25.0 Å². The summed E-state index contributed by atoms with van der Waals surface area (Å²) in [5.41, 5.74) is 0.0588. The van der Waals surface area contributed by atoms with E-state index in [1.807, 2.05) is 13.8 Å². The maximum Gasteiger partial charge on any atom is 0.349 e. The van der Waals surface area contributed by atoms with Crippen LogP contribution in [0.3, 0.4) is 0 Å². The second-order valence-electron chi connectivity index (χ2n) is 7.04. The lowest BCUT2D eigenvalue weighted by Crippen LogP contribution is -2.34. The van der Waals surface area contributed by atoms with Crippen molar-refractivity contribution in [2.45, 2.75) is 32.6 Å². The molecule has 30 heavy (non-hydrogen) atoms. The molecule has 11 heteroatoms. The van der Waals surface area contributed by atoms with Crippen LogP contribution in [0.25, 0.3) is 5.69 Å². The summed E-state index contributed by atoms with van der Waals surface area (Å²) < 4.78 is 6.82. The van der Waals surface area contributed by atoms with E-state index in [4.69, 9.17) is 21.6 Å². The third-order valence-electron chi connectivity index (χ3n) is 4.85. The average molecular weight is 427 g/mol. The maximum absolute atomic E-state index is 12.2. The van der Waals surface area contributed by atoms with Gasteiger partial charge in [0.1, 0.15) is 6.07 Å². The van der Waals surface area contributed by atoms with Crippen LogP contribution in [0.15, 0.2) is 26.5 Å². The zero-order valence-corrected chi connectivity index (χ0v) is 16.7. The molecule has 10 nitrogen and oxygen atoms in total. The smallest absolute Gasteiger partial charge is 0.349 e. The van der Waals surface area contributed by atoms with Crippen LogP contribution in [0.4, 0.5) is 0 Å². The van der Waals surface area contributed by atoms with E-state index in [-0.39, 0.29) is 22.4 Å². The molecule has 0 saturated carbocycles. The van der Waals surface area contributed by atoms with Crippen LogP contribution in [-0.2, 0) is 12.8 Å². The molecule has 0 aliphatic heterocycles. The maximum atomic E-state index is 12.2. The largest absolute Gasteiger partial charge is 0.436 e. The molecule has 152 valence electrons. The van der Waals surface area contributed by atoms with Crippen LogP contribution < -0.4 is 21.5 Å². The highest BCUT2D eigenvalue weighted by molar-refractivity contribution is 6.32. The van der Waals surface area contributed by atoms with E-state index >= 15 is 0 Å². The van der Waals surface area contributed by atoms with Gasteiger partial charge in [-0.1, -0.05) is 25.4 Å². The van der Waals surface area contributed by atoms with Crippen LogP contribution in [0, 0.1) is 11.3 Å². The Labute approximate surface area is 173 Å². The summed E-state index contributed by atoms with van der Waals surface area (Å²) in [6, 6.07) is 4.70. The first-order valence-corrected chi connectivity index (χ1v) is 9.43. The number of benzene rings is 1. The van der Waals surface area contributed by atoms with Gasteiger partial charge in [0.25, 0.3) is 11.1 Å². The van der Waals surface area contributed by atoms with E-state index in [1.54, 1.807) is 12.1 Å². The zero-order valence-electron chi connectivity index (χ0n) is 15.9. The molecule has 0 atom stereocenters. The van der Waals surface area contributed by atoms with E-state index in [0.717, 1.165) is 15.8 Å². The summed E-state index contributed by atoms with van der Waals surface area (Å²) in [5, 5.41) is 19.4. The van der Waals surface area contributed by atoms with Crippen molar-refractivity contribution in [2.24, 2.45) is 0 Å². The van der Waals surface area contributed by atoms with Crippen molar-refractivity contribution in [3.05, 3.63) is 70.7 Å². The van der Waals surface area contributed by atoms with Gasteiger partial charge in [-0.3, -0.25) is 14.6 Å². The Morgan fingerprint density at radius 2 is 1.93 bits per heavy atom. The molecule has 2 N–H and O–H groups in total. The van der Waals surface area contributed by atoms with Crippen LogP contribution >= 0.6 is 11.6 Å². The molecule has 1 aromatic carbocycles. The van der Waals surface area contributed by atoms with Crippen molar-refractivity contribution < 1.29 is 4.74 Å². The molecule has 1 aliphatic carbocycles. The number of H-pyrrole nitrogens is 2. The summed E-state index contributed by atoms with van der Waals surface area (Å²) in [5.74, 6) is 0.537. The number of nitrogens with one attached hydrogen (secondary N) is 2. The van der Waals surface area contributed by atoms with Gasteiger partial charge in [0, 0.05) is 17.2 Å². The molecule has 0 saturated heterocycles. The monoisotopic (exact) mass is 426 g/mol. The molecular formula is C19H15ClN6O4. The number of nitrogens with zero attached hydrogens (tertiary/aromatic N) is 4. The fourth-order valence-corrected chi connectivity index (χ4v) is 3.50. The zero-order chi connectivity index (χ0) is 21.6. The molecule has 2 heterocycles. The van der Waals surface area contributed by atoms with Gasteiger partial charge in [0.15, 0.2) is 5.75 Å². The fourth-order valence-electron chi connectivity index (χ4n) is 3.25. The lowest BCUT2D eigenvalue weighted by atomic mass is 9.86. The molecule has 2 aromatic heterocycles. The first-order valence-electron chi connectivity index (χ1n) is 9.06. The number of ether oxygens (including phenoxy) is 1. The van der Waals surface area contributed by atoms with Gasteiger partial charge in [-0.05, 0) is 30.4 Å². The third-order valence-corrected chi connectivity index (χ3v) is 5.13. The predicted molar refractivity (Wildman–Crippen MR) is 107 cm³/mol. The molecule has 0 radical (unpaired) electrons. The quantitative estimate of drug-likeness (QED) is 0.643. The number of aromatic nitrogens is 5. The lowest BCUT2D eigenvalue weighted by Gasteiger charge is -2.26. The number of aromatic amines is 2. The van der Waals surface area contributed by atoms with E-state index in [1.165, 1.54) is 6.07 Å². The van der Waals surface area contributed by atoms with Crippen molar-refractivity contribution in [1.29, 1.82) is 5.26 Å². The Bertz CT molecular complexity index is 1400. The van der Waals surface area contributed by atoms with E-state index < -0.39 is 16.9 Å². The molecular weight excluding hydrogens is 412 g/mol. The van der Waals surface area contributed by atoms with E-state index in [2.05, 4.69) is 20.3 Å². The van der Waals surface area contributed by atoms with Crippen molar-refractivity contribution in [2.75, 3.05) is 0 Å². The van der Waals surface area contributed by atoms with Gasteiger partial charge in [-0.15, -0.1) is 10.2 Å². The second kappa shape index (κ2) is 7.27. The average Bonchev–Trinajstić information content (AvgIpc) is 2.66. The van der Waals surface area contributed by atoms with Gasteiger partial charge in [-0.25, -0.2) is 9.89 Å². The van der Waals surface area contributed by atoms with Gasteiger partial charge in [0.2, 0.25) is 11.6 Å². The summed E-state index contributed by atoms with van der Waals surface area (Å²) in [6.45, 7) is 3.76. The first-order chi connectivity index (χ1) is 14.3. The van der Waals surface area contributed by atoms with Gasteiger partial charge < -0.3 is 4.74 Å². The molecule has 0 unspecified atom stereocenters. The molecule has 3 aromatic rings. The van der Waals surface area contributed by atoms with Crippen molar-refractivity contribution in [3.8, 4) is 23.4 Å². The van der Waals surface area contributed by atoms with Crippen LogP contribution in [0.1, 0.15) is 42.1 Å². The Morgan fingerprint density at radius 1 is 1.20 bits per heavy atom. The highest BCUT2D eigenvalue weighted by atomic mass is 35.5.